The highest BCUT2D eigenvalue weighted by Crippen LogP contribution is 2.25. The minimum absolute atomic E-state index is 0.0590. The average molecular weight is 469 g/mol. The summed E-state index contributed by atoms with van der Waals surface area (Å²) in [6.07, 6.45) is 0. The summed E-state index contributed by atoms with van der Waals surface area (Å²) in [4.78, 5) is 17.9. The van der Waals surface area contributed by atoms with Crippen molar-refractivity contribution in [3.8, 4) is 16.9 Å². The Morgan fingerprint density at radius 3 is 2.26 bits per heavy atom. The van der Waals surface area contributed by atoms with Gasteiger partial charge in [-0.2, -0.15) is 5.10 Å². The summed E-state index contributed by atoms with van der Waals surface area (Å²) in [6, 6.07) is 24.5. The molecule has 1 aliphatic heterocycles. The minimum atomic E-state index is -0.322. The summed E-state index contributed by atoms with van der Waals surface area (Å²) in [5.41, 5.74) is 6.48. The van der Waals surface area contributed by atoms with Crippen LogP contribution >= 0.6 is 0 Å². The lowest BCUT2D eigenvalue weighted by Crippen LogP contribution is -2.48. The fourth-order valence-corrected chi connectivity index (χ4v) is 4.47. The molecule has 1 fully saturated rings. The lowest BCUT2D eigenvalue weighted by Gasteiger charge is -2.34. The molecule has 0 spiro atoms. The van der Waals surface area contributed by atoms with Crippen molar-refractivity contribution in [1.29, 1.82) is 0 Å². The smallest absolute Gasteiger partial charge is 0.272 e. The maximum absolute atomic E-state index is 13.7. The van der Waals surface area contributed by atoms with Crippen molar-refractivity contribution in [2.45, 2.75) is 20.4 Å². The predicted octanol–water partition coefficient (Wildman–Crippen LogP) is 5.25. The number of halogens is 1. The van der Waals surface area contributed by atoms with Gasteiger partial charge in [-0.15, -0.1) is 0 Å². The third kappa shape index (κ3) is 5.03. The van der Waals surface area contributed by atoms with Crippen molar-refractivity contribution in [2.75, 3.05) is 26.2 Å². The number of hydrogen-bond donors (Lipinski definition) is 0. The van der Waals surface area contributed by atoms with Crippen LogP contribution in [0.4, 0.5) is 4.39 Å². The van der Waals surface area contributed by atoms with Gasteiger partial charge in [-0.1, -0.05) is 42.5 Å². The molecular weight excluding hydrogens is 439 g/mol. The van der Waals surface area contributed by atoms with Crippen molar-refractivity contribution in [3.05, 3.63) is 107 Å². The Balaban J connectivity index is 1.40. The van der Waals surface area contributed by atoms with Gasteiger partial charge in [0.05, 0.1) is 11.4 Å². The molecule has 1 aromatic heterocycles. The minimum Gasteiger partial charge on any atom is -0.335 e. The van der Waals surface area contributed by atoms with Crippen molar-refractivity contribution >= 4 is 5.91 Å². The SMILES string of the molecule is Cc1ccc(-c2cc(C(=O)N3CCN(Cc4ccccc4)CC3)n(-c3ccc(F)cc3)n2)cc1C. The fourth-order valence-electron chi connectivity index (χ4n) is 4.47. The number of piperazine rings is 1. The molecule has 35 heavy (non-hydrogen) atoms. The molecule has 0 atom stereocenters. The first kappa shape index (κ1) is 23.0. The molecule has 0 saturated carbocycles. The van der Waals surface area contributed by atoms with Crippen LogP contribution in [0, 0.1) is 19.7 Å². The average Bonchev–Trinajstić information content (AvgIpc) is 3.32. The van der Waals surface area contributed by atoms with E-state index >= 15 is 0 Å². The first-order valence-corrected chi connectivity index (χ1v) is 12.0. The zero-order valence-corrected chi connectivity index (χ0v) is 20.1. The standard InChI is InChI=1S/C29H29FN4O/c1-21-8-9-24(18-22(21)2)27-19-28(34(31-27)26-12-10-25(30)11-13-26)29(35)33-16-14-32(15-17-33)20-23-6-4-3-5-7-23/h3-13,18-19H,14-17,20H2,1-2H3. The molecule has 3 aromatic carbocycles. The molecule has 0 unspecified atom stereocenters. The van der Waals surface area contributed by atoms with E-state index in [1.807, 2.05) is 23.1 Å². The molecule has 1 saturated heterocycles. The number of amides is 1. The van der Waals surface area contributed by atoms with Gasteiger partial charge in [0.1, 0.15) is 11.5 Å². The Kier molecular flexibility index (Phi) is 6.47. The summed E-state index contributed by atoms with van der Waals surface area (Å²) in [5, 5.41) is 4.77. The molecular formula is C29H29FN4O. The molecule has 2 heterocycles. The van der Waals surface area contributed by atoms with Crippen molar-refractivity contribution < 1.29 is 9.18 Å². The van der Waals surface area contributed by atoms with Gasteiger partial charge in [0, 0.05) is 38.3 Å². The maximum Gasteiger partial charge on any atom is 0.272 e. The molecule has 1 aliphatic rings. The number of rotatable bonds is 5. The number of aryl methyl sites for hydroxylation is 2. The van der Waals surface area contributed by atoms with E-state index in [0.29, 0.717) is 24.5 Å². The number of hydrogen-bond acceptors (Lipinski definition) is 3. The Morgan fingerprint density at radius 2 is 1.57 bits per heavy atom. The molecule has 0 bridgehead atoms. The fraction of sp³-hybridized carbons (Fsp3) is 0.241. The second-order valence-electron chi connectivity index (χ2n) is 9.16. The first-order valence-electron chi connectivity index (χ1n) is 12.0. The van der Waals surface area contributed by atoms with Crippen LogP contribution < -0.4 is 0 Å². The predicted molar refractivity (Wildman–Crippen MR) is 136 cm³/mol. The zero-order chi connectivity index (χ0) is 24.4. The van der Waals surface area contributed by atoms with E-state index in [1.165, 1.54) is 28.8 Å². The lowest BCUT2D eigenvalue weighted by molar-refractivity contribution is 0.0619. The monoisotopic (exact) mass is 468 g/mol. The van der Waals surface area contributed by atoms with Crippen LogP contribution in [0.15, 0.2) is 78.9 Å². The Labute approximate surface area is 205 Å². The summed E-state index contributed by atoms with van der Waals surface area (Å²) >= 11 is 0. The van der Waals surface area contributed by atoms with Crippen LogP contribution in [0.25, 0.3) is 16.9 Å². The van der Waals surface area contributed by atoms with E-state index in [9.17, 15) is 9.18 Å². The third-order valence-electron chi connectivity index (χ3n) is 6.71. The molecule has 1 amide bonds. The molecule has 4 aromatic rings. The zero-order valence-electron chi connectivity index (χ0n) is 20.1. The number of aromatic nitrogens is 2. The summed E-state index contributed by atoms with van der Waals surface area (Å²) in [6.45, 7) is 7.95. The van der Waals surface area contributed by atoms with E-state index in [1.54, 1.807) is 16.8 Å². The van der Waals surface area contributed by atoms with Gasteiger partial charge in [0.2, 0.25) is 0 Å². The van der Waals surface area contributed by atoms with Crippen molar-refractivity contribution in [1.82, 2.24) is 19.6 Å². The van der Waals surface area contributed by atoms with Crippen LogP contribution in [-0.4, -0.2) is 51.7 Å². The highest BCUT2D eigenvalue weighted by molar-refractivity contribution is 5.94. The van der Waals surface area contributed by atoms with E-state index in [4.69, 9.17) is 5.10 Å². The first-order chi connectivity index (χ1) is 17.0. The van der Waals surface area contributed by atoms with Crippen LogP contribution in [-0.2, 0) is 6.54 Å². The van der Waals surface area contributed by atoms with Gasteiger partial charge in [-0.3, -0.25) is 9.69 Å². The third-order valence-corrected chi connectivity index (χ3v) is 6.71. The Hall–Kier alpha value is -3.77. The van der Waals surface area contributed by atoms with E-state index in [-0.39, 0.29) is 11.7 Å². The second-order valence-corrected chi connectivity index (χ2v) is 9.16. The van der Waals surface area contributed by atoms with Gasteiger partial charge in [-0.25, -0.2) is 9.07 Å². The molecule has 5 rings (SSSR count). The van der Waals surface area contributed by atoms with Gasteiger partial charge >= 0.3 is 0 Å². The molecule has 178 valence electrons. The molecule has 0 radical (unpaired) electrons. The normalized spacial score (nSPS) is 14.3. The second kappa shape index (κ2) is 9.84. The summed E-state index contributed by atoms with van der Waals surface area (Å²) in [5.74, 6) is -0.381. The Morgan fingerprint density at radius 1 is 0.857 bits per heavy atom. The van der Waals surface area contributed by atoms with Crippen LogP contribution in [0.5, 0.6) is 0 Å². The number of carbonyl (C=O) groups is 1. The van der Waals surface area contributed by atoms with Gasteiger partial charge in [0.15, 0.2) is 0 Å². The summed E-state index contributed by atoms with van der Waals surface area (Å²) in [7, 11) is 0. The van der Waals surface area contributed by atoms with E-state index < -0.39 is 0 Å². The highest BCUT2D eigenvalue weighted by atomic mass is 19.1. The molecule has 0 N–H and O–H groups in total. The van der Waals surface area contributed by atoms with Crippen molar-refractivity contribution in [3.63, 3.8) is 0 Å². The molecule has 6 heteroatoms. The maximum atomic E-state index is 13.7. The molecule has 5 nitrogen and oxygen atoms in total. The van der Waals surface area contributed by atoms with Gasteiger partial charge < -0.3 is 4.90 Å². The van der Waals surface area contributed by atoms with Crippen LogP contribution in [0.1, 0.15) is 27.2 Å². The largest absolute Gasteiger partial charge is 0.335 e. The van der Waals surface area contributed by atoms with Crippen LogP contribution in [0.2, 0.25) is 0 Å². The quantitative estimate of drug-likeness (QED) is 0.402. The van der Waals surface area contributed by atoms with Crippen molar-refractivity contribution in [2.24, 2.45) is 0 Å². The highest BCUT2D eigenvalue weighted by Gasteiger charge is 2.26. The van der Waals surface area contributed by atoms with E-state index in [2.05, 4.69) is 55.1 Å². The van der Waals surface area contributed by atoms with E-state index in [0.717, 1.165) is 30.9 Å². The molecule has 0 aliphatic carbocycles. The number of nitrogens with zero attached hydrogens (tertiary/aromatic N) is 4. The number of carbonyl (C=O) groups excluding carboxylic acids is 1. The van der Waals surface area contributed by atoms with Crippen LogP contribution in [0.3, 0.4) is 0 Å². The lowest BCUT2D eigenvalue weighted by atomic mass is 10.0. The summed E-state index contributed by atoms with van der Waals surface area (Å²) < 4.78 is 15.2. The Bertz CT molecular complexity index is 1320. The van der Waals surface area contributed by atoms with Gasteiger partial charge in [0.25, 0.3) is 5.91 Å². The van der Waals surface area contributed by atoms with Gasteiger partial charge in [-0.05, 0) is 66.9 Å². The number of benzene rings is 3. The topological polar surface area (TPSA) is 41.4 Å².